The van der Waals surface area contributed by atoms with Crippen LogP contribution in [0.25, 0.3) is 0 Å². The number of methoxy groups -OCH3 is 1. The van der Waals surface area contributed by atoms with Crippen LogP contribution < -0.4 is 20.5 Å². The highest BCUT2D eigenvalue weighted by atomic mass is 16.5. The van der Waals surface area contributed by atoms with Crippen LogP contribution in [0.4, 0.5) is 0 Å². The Kier molecular flexibility index (Phi) is 6.54. The number of nitrogens with two attached hydrogens (primary N) is 1. The summed E-state index contributed by atoms with van der Waals surface area (Å²) in [5.74, 6) is 1.14. The van der Waals surface area contributed by atoms with E-state index in [1.54, 1.807) is 7.11 Å². The molecule has 1 aliphatic heterocycles. The Morgan fingerprint density at radius 1 is 1.18 bits per heavy atom. The summed E-state index contributed by atoms with van der Waals surface area (Å²) >= 11 is 0. The second-order valence-electron chi connectivity index (χ2n) is 7.15. The summed E-state index contributed by atoms with van der Waals surface area (Å²) in [6, 6.07) is 15.4. The van der Waals surface area contributed by atoms with E-state index in [2.05, 4.69) is 5.32 Å². The largest absolute Gasteiger partial charge is 0.493 e. The van der Waals surface area contributed by atoms with Crippen molar-refractivity contribution in [2.75, 3.05) is 20.3 Å². The summed E-state index contributed by atoms with van der Waals surface area (Å²) < 4.78 is 16.7. The maximum absolute atomic E-state index is 12.6. The third-order valence-electron chi connectivity index (χ3n) is 5.11. The molecule has 0 bridgehead atoms. The van der Waals surface area contributed by atoms with Crippen LogP contribution in [-0.2, 0) is 16.1 Å². The Bertz CT molecular complexity index is 788. The first-order valence-corrected chi connectivity index (χ1v) is 9.54. The molecule has 150 valence electrons. The molecule has 2 aromatic carbocycles. The Balaban J connectivity index is 1.65. The summed E-state index contributed by atoms with van der Waals surface area (Å²) in [5.41, 5.74) is 7.41. The number of nitrogens with one attached hydrogen (secondary N) is 1. The van der Waals surface area contributed by atoms with Gasteiger partial charge in [0.2, 0.25) is 5.91 Å². The van der Waals surface area contributed by atoms with Gasteiger partial charge in [-0.05, 0) is 43.0 Å². The van der Waals surface area contributed by atoms with E-state index < -0.39 is 5.54 Å². The van der Waals surface area contributed by atoms with E-state index in [0.717, 1.165) is 11.1 Å². The monoisotopic (exact) mass is 384 g/mol. The second kappa shape index (κ2) is 9.08. The molecule has 3 N–H and O–H groups in total. The average molecular weight is 384 g/mol. The molecule has 28 heavy (non-hydrogen) atoms. The minimum Gasteiger partial charge on any atom is -0.493 e. The van der Waals surface area contributed by atoms with Crippen molar-refractivity contribution in [1.29, 1.82) is 0 Å². The molecule has 1 heterocycles. The zero-order valence-corrected chi connectivity index (χ0v) is 16.4. The molecule has 1 unspecified atom stereocenters. The van der Waals surface area contributed by atoms with Gasteiger partial charge in [-0.25, -0.2) is 0 Å². The van der Waals surface area contributed by atoms with Gasteiger partial charge in [0.05, 0.1) is 18.7 Å². The molecule has 1 fully saturated rings. The van der Waals surface area contributed by atoms with Crippen LogP contribution in [0.5, 0.6) is 11.5 Å². The molecule has 0 radical (unpaired) electrons. The van der Waals surface area contributed by atoms with Gasteiger partial charge in [-0.15, -0.1) is 0 Å². The van der Waals surface area contributed by atoms with Gasteiger partial charge in [-0.1, -0.05) is 36.4 Å². The first kappa shape index (κ1) is 20.2. The maximum Gasteiger partial charge on any atom is 0.240 e. The summed E-state index contributed by atoms with van der Waals surface area (Å²) in [4.78, 5) is 12.6. The quantitative estimate of drug-likeness (QED) is 0.767. The highest BCUT2D eigenvalue weighted by Gasteiger charge is 2.36. The Labute approximate surface area is 166 Å². The lowest BCUT2D eigenvalue weighted by molar-refractivity contribution is -0.130. The molecule has 6 nitrogen and oxygen atoms in total. The van der Waals surface area contributed by atoms with Crippen molar-refractivity contribution in [3.8, 4) is 11.5 Å². The SMILES string of the molecule is COc1cc(C(C)NC(=O)C2(N)CCOCC2)ccc1OCc1ccccc1. The lowest BCUT2D eigenvalue weighted by Gasteiger charge is -2.33. The minimum absolute atomic E-state index is 0.147. The zero-order chi connectivity index (χ0) is 20.0. The van der Waals surface area contributed by atoms with Gasteiger partial charge in [0.25, 0.3) is 0 Å². The van der Waals surface area contributed by atoms with Gasteiger partial charge in [0.15, 0.2) is 11.5 Å². The lowest BCUT2D eigenvalue weighted by Crippen LogP contribution is -2.57. The van der Waals surface area contributed by atoms with Gasteiger partial charge < -0.3 is 25.3 Å². The summed E-state index contributed by atoms with van der Waals surface area (Å²) in [6.45, 7) is 3.42. The van der Waals surface area contributed by atoms with E-state index in [1.165, 1.54) is 0 Å². The standard InChI is InChI=1S/C22H28N2O4/c1-16(24-21(25)22(23)10-12-27-13-11-22)18-8-9-19(20(14-18)26-2)28-15-17-6-4-3-5-7-17/h3-9,14,16H,10-13,15,23H2,1-2H3,(H,24,25). The van der Waals surface area contributed by atoms with Crippen molar-refractivity contribution in [3.05, 3.63) is 59.7 Å². The number of carbonyl (C=O) groups excluding carboxylic acids is 1. The van der Waals surface area contributed by atoms with Crippen LogP contribution in [0, 0.1) is 0 Å². The van der Waals surface area contributed by atoms with E-state index in [-0.39, 0.29) is 11.9 Å². The van der Waals surface area contributed by atoms with Crippen LogP contribution >= 0.6 is 0 Å². The summed E-state index contributed by atoms with van der Waals surface area (Å²) in [6.07, 6.45) is 1.06. The normalized spacial score (nSPS) is 16.8. The van der Waals surface area contributed by atoms with E-state index in [0.29, 0.717) is 44.2 Å². The third kappa shape index (κ3) is 4.82. The molecule has 3 rings (SSSR count). The van der Waals surface area contributed by atoms with Gasteiger partial charge in [-0.2, -0.15) is 0 Å². The predicted octanol–water partition coefficient (Wildman–Crippen LogP) is 2.96. The van der Waals surface area contributed by atoms with Crippen molar-refractivity contribution in [2.24, 2.45) is 5.73 Å². The third-order valence-corrected chi connectivity index (χ3v) is 5.11. The van der Waals surface area contributed by atoms with Gasteiger partial charge in [0.1, 0.15) is 6.61 Å². The molecular weight excluding hydrogens is 356 g/mol. The van der Waals surface area contributed by atoms with Crippen molar-refractivity contribution in [2.45, 2.75) is 38.0 Å². The van der Waals surface area contributed by atoms with Gasteiger partial charge in [-0.3, -0.25) is 4.79 Å². The molecule has 1 amide bonds. The molecule has 1 aliphatic rings. The van der Waals surface area contributed by atoms with Crippen molar-refractivity contribution >= 4 is 5.91 Å². The van der Waals surface area contributed by atoms with Crippen LogP contribution in [0.2, 0.25) is 0 Å². The van der Waals surface area contributed by atoms with Crippen molar-refractivity contribution < 1.29 is 19.0 Å². The number of amides is 1. The van der Waals surface area contributed by atoms with E-state index in [9.17, 15) is 4.79 Å². The summed E-state index contributed by atoms with van der Waals surface area (Å²) in [5, 5.41) is 3.02. The zero-order valence-electron chi connectivity index (χ0n) is 16.4. The number of benzene rings is 2. The van der Waals surface area contributed by atoms with Crippen molar-refractivity contribution in [1.82, 2.24) is 5.32 Å². The molecule has 1 saturated heterocycles. The number of rotatable bonds is 7. The molecule has 0 spiro atoms. The molecule has 0 aromatic heterocycles. The van der Waals surface area contributed by atoms with Gasteiger partial charge in [0, 0.05) is 13.2 Å². The lowest BCUT2D eigenvalue weighted by atomic mass is 9.90. The molecular formula is C22H28N2O4. The van der Waals surface area contributed by atoms with E-state index in [1.807, 2.05) is 55.5 Å². The van der Waals surface area contributed by atoms with Crippen LogP contribution in [-0.4, -0.2) is 31.8 Å². The fraction of sp³-hybridized carbons (Fsp3) is 0.409. The first-order valence-electron chi connectivity index (χ1n) is 9.54. The maximum atomic E-state index is 12.6. The van der Waals surface area contributed by atoms with Crippen LogP contribution in [0.15, 0.2) is 48.5 Å². The van der Waals surface area contributed by atoms with E-state index in [4.69, 9.17) is 19.9 Å². The van der Waals surface area contributed by atoms with Crippen molar-refractivity contribution in [3.63, 3.8) is 0 Å². The summed E-state index contributed by atoms with van der Waals surface area (Å²) in [7, 11) is 1.61. The first-order chi connectivity index (χ1) is 13.5. The molecule has 0 aliphatic carbocycles. The highest BCUT2D eigenvalue weighted by Crippen LogP contribution is 2.31. The average Bonchev–Trinajstić information content (AvgIpc) is 2.73. The molecule has 0 saturated carbocycles. The predicted molar refractivity (Wildman–Crippen MR) is 107 cm³/mol. The Hall–Kier alpha value is -2.57. The van der Waals surface area contributed by atoms with Crippen LogP contribution in [0.3, 0.4) is 0 Å². The number of hydrogen-bond donors (Lipinski definition) is 2. The highest BCUT2D eigenvalue weighted by molar-refractivity contribution is 5.86. The molecule has 1 atom stereocenters. The smallest absolute Gasteiger partial charge is 0.240 e. The Morgan fingerprint density at radius 3 is 2.57 bits per heavy atom. The second-order valence-corrected chi connectivity index (χ2v) is 7.15. The van der Waals surface area contributed by atoms with Gasteiger partial charge >= 0.3 is 0 Å². The fourth-order valence-corrected chi connectivity index (χ4v) is 3.19. The minimum atomic E-state index is -0.866. The number of carbonyl (C=O) groups is 1. The number of hydrogen-bond acceptors (Lipinski definition) is 5. The molecule has 2 aromatic rings. The Morgan fingerprint density at radius 2 is 1.89 bits per heavy atom. The van der Waals surface area contributed by atoms with Crippen LogP contribution in [0.1, 0.15) is 36.9 Å². The number of ether oxygens (including phenoxy) is 3. The fourth-order valence-electron chi connectivity index (χ4n) is 3.19. The van der Waals surface area contributed by atoms with E-state index >= 15 is 0 Å². The topological polar surface area (TPSA) is 82.8 Å². The molecule has 6 heteroatoms.